The van der Waals surface area contributed by atoms with Gasteiger partial charge in [0, 0.05) is 6.42 Å². The van der Waals surface area contributed by atoms with Crippen molar-refractivity contribution in [2.45, 2.75) is 135 Å². The normalized spacial score (nSPS) is 12.3. The van der Waals surface area contributed by atoms with Crippen molar-refractivity contribution >= 4 is 5.97 Å². The lowest BCUT2D eigenvalue weighted by molar-refractivity contribution is -0.140. The molecule has 0 aromatic rings. The van der Waals surface area contributed by atoms with Crippen LogP contribution in [0.25, 0.3) is 0 Å². The van der Waals surface area contributed by atoms with E-state index in [0.29, 0.717) is 6.42 Å². The first kappa shape index (κ1) is 25.4. The zero-order valence-corrected chi connectivity index (χ0v) is 17.8. The molecule has 0 bridgehead atoms. The molecule has 3 nitrogen and oxygen atoms in total. The highest BCUT2D eigenvalue weighted by Gasteiger charge is 2.04. The van der Waals surface area contributed by atoms with Crippen molar-refractivity contribution in [2.75, 3.05) is 7.11 Å². The van der Waals surface area contributed by atoms with Crippen LogP contribution < -0.4 is 0 Å². The van der Waals surface area contributed by atoms with Gasteiger partial charge in [-0.25, -0.2) is 0 Å². The van der Waals surface area contributed by atoms with Gasteiger partial charge in [-0.1, -0.05) is 103 Å². The molecule has 0 radical (unpaired) electrons. The third-order valence-electron chi connectivity index (χ3n) is 5.29. The minimum absolute atomic E-state index is 0.0690. The number of aliphatic hydroxyl groups excluding tert-OH is 1. The molecular formula is C23H46O3. The van der Waals surface area contributed by atoms with Gasteiger partial charge >= 0.3 is 5.97 Å². The summed E-state index contributed by atoms with van der Waals surface area (Å²) in [7, 11) is 1.46. The quantitative estimate of drug-likeness (QED) is 0.186. The molecule has 26 heavy (non-hydrogen) atoms. The topological polar surface area (TPSA) is 46.5 Å². The van der Waals surface area contributed by atoms with Crippen molar-refractivity contribution in [3.05, 3.63) is 0 Å². The molecule has 0 saturated carbocycles. The van der Waals surface area contributed by atoms with Gasteiger partial charge in [0.2, 0.25) is 0 Å². The molecule has 1 atom stereocenters. The fraction of sp³-hybridized carbons (Fsp3) is 0.957. The Morgan fingerprint density at radius 3 is 1.50 bits per heavy atom. The lowest BCUT2D eigenvalue weighted by Gasteiger charge is -2.10. The first-order valence-electron chi connectivity index (χ1n) is 11.5. The van der Waals surface area contributed by atoms with Gasteiger partial charge < -0.3 is 9.84 Å². The number of rotatable bonds is 20. The van der Waals surface area contributed by atoms with Crippen LogP contribution in [0.15, 0.2) is 0 Å². The molecule has 1 N–H and O–H groups in total. The summed E-state index contributed by atoms with van der Waals surface area (Å²) in [6.07, 6.45) is 22.7. The van der Waals surface area contributed by atoms with Crippen molar-refractivity contribution in [3.63, 3.8) is 0 Å². The second-order valence-electron chi connectivity index (χ2n) is 7.86. The van der Waals surface area contributed by atoms with Crippen LogP contribution in [-0.4, -0.2) is 24.3 Å². The van der Waals surface area contributed by atoms with Gasteiger partial charge in [0.05, 0.1) is 13.2 Å². The summed E-state index contributed by atoms with van der Waals surface area (Å²) in [5.41, 5.74) is 0. The Bertz CT molecular complexity index is 291. The molecule has 0 aliphatic carbocycles. The number of carbonyl (C=O) groups excluding carboxylic acids is 1. The van der Waals surface area contributed by atoms with Crippen molar-refractivity contribution in [2.24, 2.45) is 0 Å². The highest BCUT2D eigenvalue weighted by Crippen LogP contribution is 2.15. The van der Waals surface area contributed by atoms with Crippen LogP contribution in [0.1, 0.15) is 129 Å². The SMILES string of the molecule is CCCCCCCCC[C@H](O)CCCCCCCCCCCC(=O)OC. The number of hydrogen-bond donors (Lipinski definition) is 1. The van der Waals surface area contributed by atoms with Gasteiger partial charge in [-0.05, 0) is 19.3 Å². The van der Waals surface area contributed by atoms with E-state index in [2.05, 4.69) is 11.7 Å². The maximum atomic E-state index is 11.0. The number of aliphatic hydroxyl groups is 1. The van der Waals surface area contributed by atoms with Crippen LogP contribution >= 0.6 is 0 Å². The van der Waals surface area contributed by atoms with Crippen LogP contribution in [0.2, 0.25) is 0 Å². The third-order valence-corrected chi connectivity index (χ3v) is 5.29. The number of ether oxygens (including phenoxy) is 1. The highest BCUT2D eigenvalue weighted by atomic mass is 16.5. The summed E-state index contributed by atoms with van der Waals surface area (Å²) in [6, 6.07) is 0. The lowest BCUT2D eigenvalue weighted by Crippen LogP contribution is -2.05. The van der Waals surface area contributed by atoms with E-state index in [1.54, 1.807) is 0 Å². The minimum Gasteiger partial charge on any atom is -0.469 e. The summed E-state index contributed by atoms with van der Waals surface area (Å²) in [6.45, 7) is 2.26. The molecule has 0 spiro atoms. The van der Waals surface area contributed by atoms with Crippen molar-refractivity contribution in [1.29, 1.82) is 0 Å². The largest absolute Gasteiger partial charge is 0.469 e. The number of methoxy groups -OCH3 is 1. The average molecular weight is 371 g/mol. The molecule has 0 amide bonds. The number of esters is 1. The second-order valence-corrected chi connectivity index (χ2v) is 7.86. The predicted octanol–water partition coefficient (Wildman–Crippen LogP) is 6.95. The van der Waals surface area contributed by atoms with Crippen LogP contribution in [-0.2, 0) is 9.53 Å². The highest BCUT2D eigenvalue weighted by molar-refractivity contribution is 5.68. The average Bonchev–Trinajstić information content (AvgIpc) is 2.65. The van der Waals surface area contributed by atoms with E-state index in [4.69, 9.17) is 0 Å². The van der Waals surface area contributed by atoms with Crippen LogP contribution in [0.4, 0.5) is 0 Å². The fourth-order valence-electron chi connectivity index (χ4n) is 3.47. The molecule has 0 aromatic carbocycles. The number of hydrogen-bond acceptors (Lipinski definition) is 3. The van der Waals surface area contributed by atoms with Gasteiger partial charge in [-0.3, -0.25) is 4.79 Å². The van der Waals surface area contributed by atoms with Crippen LogP contribution in [0.5, 0.6) is 0 Å². The summed E-state index contributed by atoms with van der Waals surface area (Å²) in [5, 5.41) is 10.0. The number of unbranched alkanes of at least 4 members (excludes halogenated alkanes) is 14. The van der Waals surface area contributed by atoms with Crippen LogP contribution in [0.3, 0.4) is 0 Å². The Morgan fingerprint density at radius 1 is 0.692 bits per heavy atom. The molecule has 0 aliphatic rings. The molecule has 0 aliphatic heterocycles. The standard InChI is InChI=1S/C23H46O3/c1-3-4-5-6-10-13-16-19-22(24)20-17-14-11-8-7-9-12-15-18-21-23(25)26-2/h22,24H,3-21H2,1-2H3/t22-/m0/s1. The molecule has 0 unspecified atom stereocenters. The molecule has 156 valence electrons. The zero-order valence-electron chi connectivity index (χ0n) is 17.8. The van der Waals surface area contributed by atoms with E-state index in [1.165, 1.54) is 97.0 Å². The molecule has 0 heterocycles. The molecule has 0 saturated heterocycles. The molecule has 3 heteroatoms. The van der Waals surface area contributed by atoms with Crippen molar-refractivity contribution in [3.8, 4) is 0 Å². The Labute approximate surface area is 163 Å². The van der Waals surface area contributed by atoms with Crippen molar-refractivity contribution in [1.82, 2.24) is 0 Å². The fourth-order valence-corrected chi connectivity index (χ4v) is 3.47. The maximum Gasteiger partial charge on any atom is 0.305 e. The van der Waals surface area contributed by atoms with E-state index in [-0.39, 0.29) is 12.1 Å². The van der Waals surface area contributed by atoms with Crippen molar-refractivity contribution < 1.29 is 14.6 Å². The summed E-state index contributed by atoms with van der Waals surface area (Å²) in [4.78, 5) is 11.0. The van der Waals surface area contributed by atoms with E-state index in [9.17, 15) is 9.90 Å². The zero-order chi connectivity index (χ0) is 19.3. The van der Waals surface area contributed by atoms with E-state index < -0.39 is 0 Å². The van der Waals surface area contributed by atoms with Gasteiger partial charge in [0.15, 0.2) is 0 Å². The molecule has 0 aromatic heterocycles. The molecule has 0 rings (SSSR count). The summed E-state index contributed by atoms with van der Waals surface area (Å²) < 4.78 is 4.64. The van der Waals surface area contributed by atoms with Gasteiger partial charge in [0.1, 0.15) is 0 Å². The van der Waals surface area contributed by atoms with E-state index >= 15 is 0 Å². The van der Waals surface area contributed by atoms with Crippen LogP contribution in [0, 0.1) is 0 Å². The third kappa shape index (κ3) is 19.8. The van der Waals surface area contributed by atoms with E-state index in [1.807, 2.05) is 0 Å². The van der Waals surface area contributed by atoms with E-state index in [0.717, 1.165) is 25.7 Å². The maximum absolute atomic E-state index is 11.0. The Morgan fingerprint density at radius 2 is 1.08 bits per heavy atom. The summed E-state index contributed by atoms with van der Waals surface area (Å²) in [5.74, 6) is -0.0841. The van der Waals surface area contributed by atoms with Gasteiger partial charge in [-0.15, -0.1) is 0 Å². The first-order chi connectivity index (χ1) is 12.7. The van der Waals surface area contributed by atoms with Gasteiger partial charge in [-0.2, -0.15) is 0 Å². The Hall–Kier alpha value is -0.570. The van der Waals surface area contributed by atoms with Gasteiger partial charge in [0.25, 0.3) is 0 Å². The Kier molecular flexibility index (Phi) is 20.3. The first-order valence-corrected chi connectivity index (χ1v) is 11.5. The lowest BCUT2D eigenvalue weighted by atomic mass is 10.0. The second kappa shape index (κ2) is 20.7. The molecule has 0 fully saturated rings. The summed E-state index contributed by atoms with van der Waals surface area (Å²) >= 11 is 0. The molecular weight excluding hydrogens is 324 g/mol. The minimum atomic E-state index is -0.0841. The predicted molar refractivity (Wildman–Crippen MR) is 111 cm³/mol. The monoisotopic (exact) mass is 370 g/mol. The smallest absolute Gasteiger partial charge is 0.305 e. The number of carbonyl (C=O) groups is 1. The Balaban J connectivity index is 3.16.